The summed E-state index contributed by atoms with van der Waals surface area (Å²) in [5.74, 6) is 3.52. The molecule has 1 N–H and O–H groups in total. The zero-order valence-corrected chi connectivity index (χ0v) is 8.91. The number of hydrogen-bond acceptors (Lipinski definition) is 4. The molecule has 0 bridgehead atoms. The van der Waals surface area contributed by atoms with Crippen LogP contribution in [0, 0.1) is 12.3 Å². The number of terminal acetylenes is 1. The Morgan fingerprint density at radius 1 is 1.60 bits per heavy atom. The van der Waals surface area contributed by atoms with Crippen molar-refractivity contribution in [3.05, 3.63) is 17.5 Å². The maximum absolute atomic E-state index is 5.80. The average molecular weight is 223 g/mol. The summed E-state index contributed by atoms with van der Waals surface area (Å²) >= 11 is 5.80. The van der Waals surface area contributed by atoms with Crippen LogP contribution in [0.3, 0.4) is 0 Å². The first-order chi connectivity index (χ1) is 7.29. The van der Waals surface area contributed by atoms with Gasteiger partial charge in [-0.25, -0.2) is 9.97 Å². The molecule has 2 rings (SSSR count). The highest BCUT2D eigenvalue weighted by atomic mass is 35.5. The SMILES string of the molecule is C#C[C@@H]1CN(c2cc(Cl)ncn2)CCN1. The van der Waals surface area contributed by atoms with Crippen molar-refractivity contribution in [3.8, 4) is 12.3 Å². The maximum Gasteiger partial charge on any atom is 0.134 e. The Labute approximate surface area is 93.7 Å². The Hall–Kier alpha value is -1.31. The fourth-order valence-electron chi connectivity index (χ4n) is 1.57. The molecule has 5 heteroatoms. The number of rotatable bonds is 1. The standard InChI is InChI=1S/C10H11ClN4/c1-2-8-6-15(4-3-12-8)10-5-9(11)13-7-14-10/h1,5,7-8,12H,3-4,6H2/t8-/m1/s1. The minimum atomic E-state index is 0.0764. The molecule has 1 aliphatic rings. The van der Waals surface area contributed by atoms with Crippen molar-refractivity contribution < 1.29 is 0 Å². The first kappa shape index (κ1) is 10.2. The molecule has 1 aromatic rings. The molecular weight excluding hydrogens is 212 g/mol. The molecule has 1 aliphatic heterocycles. The lowest BCUT2D eigenvalue weighted by Crippen LogP contribution is -2.50. The number of halogens is 1. The molecule has 0 saturated carbocycles. The summed E-state index contributed by atoms with van der Waals surface area (Å²) in [6, 6.07) is 1.83. The Morgan fingerprint density at radius 2 is 2.47 bits per heavy atom. The molecule has 2 heterocycles. The molecule has 1 atom stereocenters. The van der Waals surface area contributed by atoms with E-state index in [2.05, 4.69) is 26.1 Å². The molecule has 0 aliphatic carbocycles. The first-order valence-corrected chi connectivity index (χ1v) is 5.09. The van der Waals surface area contributed by atoms with E-state index in [1.807, 2.05) is 0 Å². The van der Waals surface area contributed by atoms with Crippen LogP contribution in [0.4, 0.5) is 5.82 Å². The summed E-state index contributed by atoms with van der Waals surface area (Å²) in [4.78, 5) is 10.1. The van der Waals surface area contributed by atoms with Crippen LogP contribution >= 0.6 is 11.6 Å². The van der Waals surface area contributed by atoms with Crippen LogP contribution in [-0.2, 0) is 0 Å². The second-order valence-electron chi connectivity index (χ2n) is 3.32. The normalized spacial score (nSPS) is 21.1. The molecule has 4 nitrogen and oxygen atoms in total. The highest BCUT2D eigenvalue weighted by Crippen LogP contribution is 2.15. The van der Waals surface area contributed by atoms with Gasteiger partial charge < -0.3 is 10.2 Å². The maximum atomic E-state index is 5.80. The van der Waals surface area contributed by atoms with Gasteiger partial charge in [-0.2, -0.15) is 0 Å². The molecular formula is C10H11ClN4. The zero-order chi connectivity index (χ0) is 10.7. The summed E-state index contributed by atoms with van der Waals surface area (Å²) in [5, 5.41) is 3.68. The summed E-state index contributed by atoms with van der Waals surface area (Å²) in [6.45, 7) is 2.49. The molecule has 1 saturated heterocycles. The number of aromatic nitrogens is 2. The third-order valence-corrected chi connectivity index (χ3v) is 2.53. The molecule has 1 aromatic heterocycles. The number of nitrogens with zero attached hydrogens (tertiary/aromatic N) is 3. The molecule has 1 fully saturated rings. The van der Waals surface area contributed by atoms with Crippen molar-refractivity contribution in [2.45, 2.75) is 6.04 Å². The predicted molar refractivity (Wildman–Crippen MR) is 59.9 cm³/mol. The lowest BCUT2D eigenvalue weighted by atomic mass is 10.2. The van der Waals surface area contributed by atoms with Crippen LogP contribution in [0.25, 0.3) is 0 Å². The van der Waals surface area contributed by atoms with Crippen molar-refractivity contribution in [3.63, 3.8) is 0 Å². The van der Waals surface area contributed by atoms with Gasteiger partial charge in [0.1, 0.15) is 17.3 Å². The van der Waals surface area contributed by atoms with Crippen molar-refractivity contribution in [1.82, 2.24) is 15.3 Å². The van der Waals surface area contributed by atoms with Gasteiger partial charge in [-0.15, -0.1) is 6.42 Å². The Bertz CT molecular complexity index is 387. The lowest BCUT2D eigenvalue weighted by Gasteiger charge is -2.31. The van der Waals surface area contributed by atoms with E-state index in [-0.39, 0.29) is 6.04 Å². The third-order valence-electron chi connectivity index (χ3n) is 2.32. The van der Waals surface area contributed by atoms with Gasteiger partial charge >= 0.3 is 0 Å². The van der Waals surface area contributed by atoms with Crippen molar-refractivity contribution in [2.75, 3.05) is 24.5 Å². The molecule has 0 amide bonds. The molecule has 0 radical (unpaired) electrons. The summed E-state index contributed by atoms with van der Waals surface area (Å²) in [7, 11) is 0. The van der Waals surface area contributed by atoms with Gasteiger partial charge in [-0.3, -0.25) is 0 Å². The summed E-state index contributed by atoms with van der Waals surface area (Å²) in [5.41, 5.74) is 0. The minimum absolute atomic E-state index is 0.0764. The van der Waals surface area contributed by atoms with Gasteiger partial charge in [0, 0.05) is 25.7 Å². The van der Waals surface area contributed by atoms with Crippen molar-refractivity contribution >= 4 is 17.4 Å². The fourth-order valence-corrected chi connectivity index (χ4v) is 1.71. The first-order valence-electron chi connectivity index (χ1n) is 4.71. The van der Waals surface area contributed by atoms with E-state index < -0.39 is 0 Å². The Morgan fingerprint density at radius 3 is 3.20 bits per heavy atom. The smallest absolute Gasteiger partial charge is 0.134 e. The van der Waals surface area contributed by atoms with E-state index in [4.69, 9.17) is 18.0 Å². The summed E-state index contributed by atoms with van der Waals surface area (Å²) < 4.78 is 0. The largest absolute Gasteiger partial charge is 0.353 e. The van der Waals surface area contributed by atoms with Gasteiger partial charge in [0.2, 0.25) is 0 Å². The topological polar surface area (TPSA) is 41.1 Å². The summed E-state index contributed by atoms with van der Waals surface area (Å²) in [6.07, 6.45) is 6.84. The highest BCUT2D eigenvalue weighted by molar-refractivity contribution is 6.29. The van der Waals surface area contributed by atoms with Crippen molar-refractivity contribution in [2.24, 2.45) is 0 Å². The van der Waals surface area contributed by atoms with E-state index in [1.165, 1.54) is 6.33 Å². The van der Waals surface area contributed by atoms with E-state index in [0.717, 1.165) is 25.5 Å². The number of nitrogens with one attached hydrogen (secondary N) is 1. The van der Waals surface area contributed by atoms with Crippen LogP contribution in [0.5, 0.6) is 0 Å². The van der Waals surface area contributed by atoms with Crippen molar-refractivity contribution in [1.29, 1.82) is 0 Å². The van der Waals surface area contributed by atoms with E-state index in [1.54, 1.807) is 6.07 Å². The zero-order valence-electron chi connectivity index (χ0n) is 8.15. The van der Waals surface area contributed by atoms with Crippen LogP contribution in [0.1, 0.15) is 0 Å². The lowest BCUT2D eigenvalue weighted by molar-refractivity contribution is 0.525. The second-order valence-corrected chi connectivity index (χ2v) is 3.71. The highest BCUT2D eigenvalue weighted by Gasteiger charge is 2.18. The van der Waals surface area contributed by atoms with Crippen LogP contribution < -0.4 is 10.2 Å². The van der Waals surface area contributed by atoms with E-state index >= 15 is 0 Å². The number of piperazine rings is 1. The quantitative estimate of drug-likeness (QED) is 0.556. The van der Waals surface area contributed by atoms with Crippen LogP contribution in [-0.4, -0.2) is 35.6 Å². The van der Waals surface area contributed by atoms with E-state index in [9.17, 15) is 0 Å². The van der Waals surface area contributed by atoms with Crippen LogP contribution in [0.15, 0.2) is 12.4 Å². The molecule has 15 heavy (non-hydrogen) atoms. The van der Waals surface area contributed by atoms with Crippen LogP contribution in [0.2, 0.25) is 5.15 Å². The fraction of sp³-hybridized carbons (Fsp3) is 0.400. The second kappa shape index (κ2) is 4.47. The molecule has 78 valence electrons. The molecule has 0 aromatic carbocycles. The minimum Gasteiger partial charge on any atom is -0.353 e. The molecule has 0 spiro atoms. The molecule has 0 unspecified atom stereocenters. The Kier molecular flexibility index (Phi) is 3.05. The predicted octanol–water partition coefficient (Wildman–Crippen LogP) is 0.541. The average Bonchev–Trinajstić information content (AvgIpc) is 2.29. The van der Waals surface area contributed by atoms with Gasteiger partial charge in [0.15, 0.2) is 0 Å². The third kappa shape index (κ3) is 2.38. The monoisotopic (exact) mass is 222 g/mol. The van der Waals surface area contributed by atoms with E-state index in [0.29, 0.717) is 5.15 Å². The number of hydrogen-bond donors (Lipinski definition) is 1. The Balaban J connectivity index is 2.14. The van der Waals surface area contributed by atoms with Gasteiger partial charge in [0.25, 0.3) is 0 Å². The number of anilines is 1. The van der Waals surface area contributed by atoms with Gasteiger partial charge in [0.05, 0.1) is 6.04 Å². The van der Waals surface area contributed by atoms with Gasteiger partial charge in [-0.1, -0.05) is 17.5 Å². The van der Waals surface area contributed by atoms with Gasteiger partial charge in [-0.05, 0) is 0 Å².